The van der Waals surface area contributed by atoms with Crippen LogP contribution in [0.2, 0.25) is 0 Å². The maximum Gasteiger partial charge on any atom is 0.104 e. The molecule has 0 aliphatic heterocycles. The van der Waals surface area contributed by atoms with Gasteiger partial charge in [0.15, 0.2) is 0 Å². The molecular formula is C16H22O2S. The number of ether oxygens (including phenoxy) is 1. The number of aliphatic hydroxyl groups excluding tert-OH is 1. The Morgan fingerprint density at radius 1 is 1.26 bits per heavy atom. The number of aliphatic hydroxyl groups is 1. The van der Waals surface area contributed by atoms with Gasteiger partial charge in [0.25, 0.3) is 0 Å². The van der Waals surface area contributed by atoms with Gasteiger partial charge in [0.05, 0.1) is 17.6 Å². The smallest absolute Gasteiger partial charge is 0.104 e. The van der Waals surface area contributed by atoms with Crippen molar-refractivity contribution in [3.63, 3.8) is 0 Å². The van der Waals surface area contributed by atoms with Crippen molar-refractivity contribution in [2.24, 2.45) is 11.8 Å². The fraction of sp³-hybridized carbons (Fsp3) is 0.625. The molecule has 1 aromatic heterocycles. The fourth-order valence-electron chi connectivity index (χ4n) is 2.86. The van der Waals surface area contributed by atoms with Crippen molar-refractivity contribution in [2.45, 2.75) is 45.8 Å². The maximum atomic E-state index is 8.66. The van der Waals surface area contributed by atoms with Crippen molar-refractivity contribution in [2.75, 3.05) is 6.61 Å². The van der Waals surface area contributed by atoms with Crippen LogP contribution in [-0.2, 0) is 11.3 Å². The number of rotatable bonds is 3. The Balaban J connectivity index is 1.83. The van der Waals surface area contributed by atoms with Crippen LogP contribution in [-0.4, -0.2) is 17.8 Å². The summed E-state index contributed by atoms with van der Waals surface area (Å²) in [5.74, 6) is 7.16. The summed E-state index contributed by atoms with van der Waals surface area (Å²) in [6.45, 7) is 5.25. The first-order chi connectivity index (χ1) is 9.17. The van der Waals surface area contributed by atoms with Crippen LogP contribution in [0.5, 0.6) is 0 Å². The van der Waals surface area contributed by atoms with Crippen LogP contribution in [0, 0.1) is 23.7 Å². The van der Waals surface area contributed by atoms with Gasteiger partial charge in [0.2, 0.25) is 0 Å². The van der Waals surface area contributed by atoms with Crippen molar-refractivity contribution in [1.82, 2.24) is 0 Å². The highest BCUT2D eigenvalue weighted by Crippen LogP contribution is 2.31. The van der Waals surface area contributed by atoms with Crippen LogP contribution in [0.4, 0.5) is 0 Å². The molecular weight excluding hydrogens is 256 g/mol. The summed E-state index contributed by atoms with van der Waals surface area (Å²) in [5.41, 5.74) is 0. The lowest BCUT2D eigenvalue weighted by Gasteiger charge is -2.31. The van der Waals surface area contributed by atoms with Crippen LogP contribution >= 0.6 is 11.3 Å². The molecule has 1 heterocycles. The van der Waals surface area contributed by atoms with Gasteiger partial charge in [0.1, 0.15) is 6.61 Å². The van der Waals surface area contributed by atoms with Gasteiger partial charge in [-0.05, 0) is 43.2 Å². The molecule has 2 rings (SSSR count). The van der Waals surface area contributed by atoms with Crippen molar-refractivity contribution in [1.29, 1.82) is 0 Å². The predicted molar refractivity (Wildman–Crippen MR) is 79.0 cm³/mol. The van der Waals surface area contributed by atoms with Crippen LogP contribution < -0.4 is 0 Å². The van der Waals surface area contributed by atoms with E-state index in [0.717, 1.165) is 16.7 Å². The van der Waals surface area contributed by atoms with Gasteiger partial charge in [-0.3, -0.25) is 0 Å². The third-order valence-corrected chi connectivity index (χ3v) is 4.52. The summed E-state index contributed by atoms with van der Waals surface area (Å²) in [6.07, 6.45) is 4.12. The van der Waals surface area contributed by atoms with E-state index in [-0.39, 0.29) is 6.61 Å². The molecule has 0 amide bonds. The molecule has 1 N–H and O–H groups in total. The van der Waals surface area contributed by atoms with Crippen molar-refractivity contribution in [3.8, 4) is 11.8 Å². The van der Waals surface area contributed by atoms with E-state index in [9.17, 15) is 0 Å². The van der Waals surface area contributed by atoms with Crippen molar-refractivity contribution >= 4 is 11.3 Å². The molecule has 104 valence electrons. The van der Waals surface area contributed by atoms with Crippen molar-refractivity contribution in [3.05, 3.63) is 21.9 Å². The second-order valence-electron chi connectivity index (χ2n) is 5.58. The lowest BCUT2D eigenvalue weighted by Crippen LogP contribution is -2.26. The molecule has 0 saturated heterocycles. The average molecular weight is 278 g/mol. The first-order valence-corrected chi connectivity index (χ1v) is 7.79. The van der Waals surface area contributed by atoms with Gasteiger partial charge in [-0.25, -0.2) is 0 Å². The first-order valence-electron chi connectivity index (χ1n) is 6.97. The Morgan fingerprint density at radius 2 is 2.00 bits per heavy atom. The Morgan fingerprint density at radius 3 is 2.68 bits per heavy atom. The van der Waals surface area contributed by atoms with Gasteiger partial charge in [0, 0.05) is 4.88 Å². The molecule has 1 aliphatic carbocycles. The van der Waals surface area contributed by atoms with E-state index in [1.54, 1.807) is 11.3 Å². The minimum absolute atomic E-state index is 0.0818. The SMILES string of the molecule is CC1CC(C)CC(OCc2ccc(C#CCO)s2)C1. The Labute approximate surface area is 119 Å². The third-order valence-electron chi connectivity index (χ3n) is 3.55. The average Bonchev–Trinajstić information content (AvgIpc) is 2.81. The van der Waals surface area contributed by atoms with Gasteiger partial charge >= 0.3 is 0 Å². The van der Waals surface area contributed by atoms with Gasteiger partial charge in [-0.15, -0.1) is 11.3 Å². The van der Waals surface area contributed by atoms with Gasteiger partial charge in [-0.1, -0.05) is 25.7 Å². The van der Waals surface area contributed by atoms with Crippen LogP contribution in [0.1, 0.15) is 42.9 Å². The molecule has 0 spiro atoms. The zero-order valence-electron chi connectivity index (χ0n) is 11.7. The standard InChI is InChI=1S/C16H22O2S/c1-12-8-13(2)10-14(9-12)18-11-16-6-5-15(19-16)4-3-7-17/h5-6,12-14,17H,7-11H2,1-2H3. The topological polar surface area (TPSA) is 29.5 Å². The molecule has 0 radical (unpaired) electrons. The molecule has 1 fully saturated rings. The summed E-state index contributed by atoms with van der Waals surface area (Å²) in [6, 6.07) is 4.07. The second kappa shape index (κ2) is 7.09. The quantitative estimate of drug-likeness (QED) is 0.858. The van der Waals surface area contributed by atoms with Crippen LogP contribution in [0.3, 0.4) is 0 Å². The lowest BCUT2D eigenvalue weighted by molar-refractivity contribution is -0.00803. The van der Waals surface area contributed by atoms with E-state index < -0.39 is 0 Å². The molecule has 1 aromatic rings. The molecule has 0 bridgehead atoms. The maximum absolute atomic E-state index is 8.66. The van der Waals surface area contributed by atoms with Gasteiger partial charge < -0.3 is 9.84 Å². The minimum Gasteiger partial charge on any atom is -0.384 e. The monoisotopic (exact) mass is 278 g/mol. The Kier molecular flexibility index (Phi) is 5.45. The number of thiophene rings is 1. The van der Waals surface area contributed by atoms with Crippen molar-refractivity contribution < 1.29 is 9.84 Å². The van der Waals surface area contributed by atoms with E-state index in [0.29, 0.717) is 12.7 Å². The van der Waals surface area contributed by atoms with E-state index in [4.69, 9.17) is 9.84 Å². The summed E-state index contributed by atoms with van der Waals surface area (Å²) in [4.78, 5) is 2.21. The zero-order valence-corrected chi connectivity index (χ0v) is 12.5. The largest absolute Gasteiger partial charge is 0.384 e. The first kappa shape index (κ1) is 14.6. The van der Waals surface area contributed by atoms with E-state index >= 15 is 0 Å². The summed E-state index contributed by atoms with van der Waals surface area (Å²) < 4.78 is 6.04. The highest BCUT2D eigenvalue weighted by Gasteiger charge is 2.24. The molecule has 2 atom stereocenters. The van der Waals surface area contributed by atoms with E-state index in [2.05, 4.69) is 31.8 Å². The van der Waals surface area contributed by atoms with Crippen LogP contribution in [0.15, 0.2) is 12.1 Å². The lowest BCUT2D eigenvalue weighted by atomic mass is 9.82. The summed E-state index contributed by atoms with van der Waals surface area (Å²) in [7, 11) is 0. The summed E-state index contributed by atoms with van der Waals surface area (Å²) in [5, 5.41) is 8.66. The van der Waals surface area contributed by atoms with Crippen LogP contribution in [0.25, 0.3) is 0 Å². The van der Waals surface area contributed by atoms with E-state index in [1.165, 1.54) is 24.1 Å². The zero-order chi connectivity index (χ0) is 13.7. The molecule has 1 aliphatic rings. The molecule has 19 heavy (non-hydrogen) atoms. The van der Waals surface area contributed by atoms with Gasteiger partial charge in [-0.2, -0.15) is 0 Å². The molecule has 3 heteroatoms. The molecule has 2 nitrogen and oxygen atoms in total. The second-order valence-corrected chi connectivity index (χ2v) is 6.74. The predicted octanol–water partition coefficient (Wildman–Crippen LogP) is 3.43. The normalized spacial score (nSPS) is 26.8. The Hall–Kier alpha value is -0.820. The molecule has 0 aromatic carbocycles. The molecule has 2 unspecified atom stereocenters. The molecule has 1 saturated carbocycles. The Bertz CT molecular complexity index is 445. The fourth-order valence-corrected chi connectivity index (χ4v) is 3.66. The number of hydrogen-bond donors (Lipinski definition) is 1. The highest BCUT2D eigenvalue weighted by molar-refractivity contribution is 7.12. The minimum atomic E-state index is -0.0818. The van der Waals surface area contributed by atoms with E-state index in [1.807, 2.05) is 6.07 Å². The highest BCUT2D eigenvalue weighted by atomic mass is 32.1. The third kappa shape index (κ3) is 4.65. The summed E-state index contributed by atoms with van der Waals surface area (Å²) >= 11 is 1.65. The number of hydrogen-bond acceptors (Lipinski definition) is 3.